The zero-order valence-electron chi connectivity index (χ0n) is 41.3. The largest absolute Gasteiger partial charge is 0.488 e. The first-order chi connectivity index (χ1) is 33.7. The Morgan fingerprint density at radius 1 is 0.600 bits per heavy atom. The summed E-state index contributed by atoms with van der Waals surface area (Å²) < 4.78 is 35.0. The van der Waals surface area contributed by atoms with Crippen LogP contribution in [-0.4, -0.2) is 117 Å². The number of methoxy groups -OCH3 is 2. The highest BCUT2D eigenvalue weighted by molar-refractivity contribution is 5.90. The second-order valence-electron chi connectivity index (χ2n) is 20.5. The highest BCUT2D eigenvalue weighted by Crippen LogP contribution is 2.51. The molecule has 4 aromatic rings. The molecular weight excluding hydrogens is 897 g/mol. The first-order valence-electron chi connectivity index (χ1n) is 25.0. The van der Waals surface area contributed by atoms with E-state index in [4.69, 9.17) is 38.4 Å². The van der Waals surface area contributed by atoms with E-state index in [0.717, 1.165) is 82.0 Å². The van der Waals surface area contributed by atoms with Crippen molar-refractivity contribution in [2.24, 2.45) is 11.8 Å². The van der Waals surface area contributed by atoms with Crippen molar-refractivity contribution in [2.45, 2.75) is 167 Å². The fourth-order valence-electron chi connectivity index (χ4n) is 12.5. The second kappa shape index (κ2) is 19.2. The lowest BCUT2D eigenvalue weighted by Gasteiger charge is -2.39. The van der Waals surface area contributed by atoms with Crippen molar-refractivity contribution in [3.05, 3.63) is 59.4 Å². The monoisotopic (exact) mass is 962 g/mol. The summed E-state index contributed by atoms with van der Waals surface area (Å²) in [6, 6.07) is 6.05. The van der Waals surface area contributed by atoms with Gasteiger partial charge in [-0.3, -0.25) is 9.59 Å². The molecule has 0 spiro atoms. The Labute approximate surface area is 408 Å². The van der Waals surface area contributed by atoms with Crippen LogP contribution in [0.25, 0.3) is 33.6 Å². The quantitative estimate of drug-likeness (QED) is 0.120. The number of likely N-dealkylation sites (tertiary alicyclic amines) is 2. The van der Waals surface area contributed by atoms with Gasteiger partial charge in [0, 0.05) is 45.5 Å². The van der Waals surface area contributed by atoms with E-state index in [-0.39, 0.29) is 72.2 Å². The van der Waals surface area contributed by atoms with Crippen LogP contribution in [0, 0.1) is 11.8 Å². The predicted molar refractivity (Wildman–Crippen MR) is 256 cm³/mol. The van der Waals surface area contributed by atoms with E-state index in [9.17, 15) is 19.2 Å². The molecule has 12 atom stereocenters. The molecular formula is C52H66N8O10. The first kappa shape index (κ1) is 47.5. The van der Waals surface area contributed by atoms with E-state index in [1.54, 1.807) is 0 Å². The number of benzene rings is 2. The van der Waals surface area contributed by atoms with Crippen LogP contribution in [-0.2, 0) is 41.8 Å². The number of carbonyl (C=O) groups is 4. The van der Waals surface area contributed by atoms with Crippen molar-refractivity contribution in [1.29, 1.82) is 0 Å². The van der Waals surface area contributed by atoms with Gasteiger partial charge in [0.2, 0.25) is 11.8 Å². The van der Waals surface area contributed by atoms with Crippen LogP contribution in [0.4, 0.5) is 9.59 Å². The van der Waals surface area contributed by atoms with Crippen molar-refractivity contribution in [3.63, 3.8) is 0 Å². The topological polar surface area (TPSA) is 212 Å². The van der Waals surface area contributed by atoms with Gasteiger partial charge in [0.25, 0.3) is 0 Å². The van der Waals surface area contributed by atoms with E-state index in [1.807, 2.05) is 75.9 Å². The van der Waals surface area contributed by atoms with Crippen molar-refractivity contribution >= 4 is 24.0 Å². The molecule has 0 radical (unpaired) electrons. The van der Waals surface area contributed by atoms with Gasteiger partial charge in [0.15, 0.2) is 0 Å². The SMILES string of the molecule is COC(=O)NC(C(=O)N1[C@@H](C)CC[C@H]1c1ncc(-c2cc3c4c(c2)OCc2cc(-c5cnc([C@@H]6CC[C@H](C)N6C(=O)[C@@H](NC(=O)OC)C6C[C@@H](C)O[C@@H](C)C6)[nH]5)cc(c2-4)OC3)[nH]1)C1C[C@@H](C)O[C@@H](C)C1. The molecule has 0 aliphatic carbocycles. The third-order valence-electron chi connectivity index (χ3n) is 15.5. The third kappa shape index (κ3) is 8.97. The van der Waals surface area contributed by atoms with Gasteiger partial charge < -0.3 is 58.8 Å². The van der Waals surface area contributed by atoms with Crippen molar-refractivity contribution in [1.82, 2.24) is 40.4 Å². The van der Waals surface area contributed by atoms with Crippen molar-refractivity contribution in [3.8, 4) is 45.1 Å². The zero-order chi connectivity index (χ0) is 49.1. The maximum Gasteiger partial charge on any atom is 0.407 e. The Bertz CT molecular complexity index is 2400. The van der Waals surface area contributed by atoms with Gasteiger partial charge in [-0.1, -0.05) is 0 Å². The number of hydrogen-bond acceptors (Lipinski definition) is 12. The summed E-state index contributed by atoms with van der Waals surface area (Å²) in [5.74, 6) is 2.37. The van der Waals surface area contributed by atoms with Gasteiger partial charge in [-0.2, -0.15) is 0 Å². The van der Waals surface area contributed by atoms with Gasteiger partial charge in [-0.05, 0) is 129 Å². The van der Waals surface area contributed by atoms with E-state index < -0.39 is 24.3 Å². The molecule has 4 N–H and O–H groups in total. The predicted octanol–water partition coefficient (Wildman–Crippen LogP) is 7.88. The Morgan fingerprint density at radius 3 is 1.36 bits per heavy atom. The molecule has 4 amide bonds. The number of carbonyl (C=O) groups excluding carboxylic acids is 4. The van der Waals surface area contributed by atoms with Crippen LogP contribution in [0.2, 0.25) is 0 Å². The minimum atomic E-state index is -0.761. The number of aromatic nitrogens is 4. The van der Waals surface area contributed by atoms with Crippen LogP contribution < -0.4 is 20.1 Å². The average Bonchev–Trinajstić information content (AvgIpc) is 4.17. The molecule has 6 aliphatic heterocycles. The normalized spacial score (nSPS) is 28.7. The summed E-state index contributed by atoms with van der Waals surface area (Å²) in [6.45, 7) is 12.8. The molecule has 2 aromatic heterocycles. The van der Waals surface area contributed by atoms with E-state index in [1.165, 1.54) is 14.2 Å². The van der Waals surface area contributed by atoms with Crippen LogP contribution in [0.5, 0.6) is 11.5 Å². The summed E-state index contributed by atoms with van der Waals surface area (Å²) >= 11 is 0. The maximum atomic E-state index is 14.6. The minimum Gasteiger partial charge on any atom is -0.488 e. The Kier molecular flexibility index (Phi) is 13.1. The number of imidazole rings is 2. The fourth-order valence-corrected chi connectivity index (χ4v) is 12.5. The molecule has 18 heteroatoms. The average molecular weight is 963 g/mol. The second-order valence-corrected chi connectivity index (χ2v) is 20.5. The van der Waals surface area contributed by atoms with E-state index in [0.29, 0.717) is 50.5 Å². The van der Waals surface area contributed by atoms with Crippen molar-refractivity contribution < 1.29 is 47.6 Å². The molecule has 374 valence electrons. The molecule has 4 fully saturated rings. The van der Waals surface area contributed by atoms with Crippen LogP contribution in [0.15, 0.2) is 36.7 Å². The Balaban J connectivity index is 0.877. The number of rotatable bonds is 10. The van der Waals surface area contributed by atoms with Crippen LogP contribution in [0.1, 0.15) is 128 Å². The lowest BCUT2D eigenvalue weighted by molar-refractivity contribution is -0.141. The highest BCUT2D eigenvalue weighted by atomic mass is 16.5. The molecule has 8 heterocycles. The summed E-state index contributed by atoms with van der Waals surface area (Å²) in [5.41, 5.74) is 7.35. The van der Waals surface area contributed by atoms with E-state index >= 15 is 0 Å². The molecule has 0 saturated carbocycles. The Hall–Kier alpha value is -6.14. The smallest absolute Gasteiger partial charge is 0.407 e. The molecule has 2 aromatic carbocycles. The molecule has 18 nitrogen and oxygen atoms in total. The lowest BCUT2D eigenvalue weighted by Crippen LogP contribution is -2.55. The van der Waals surface area contributed by atoms with Gasteiger partial charge in [-0.15, -0.1) is 0 Å². The summed E-state index contributed by atoms with van der Waals surface area (Å²) in [4.78, 5) is 74.9. The number of H-pyrrole nitrogens is 2. The number of amides is 4. The molecule has 6 aliphatic rings. The fraction of sp³-hybridized carbons (Fsp3) is 0.577. The van der Waals surface area contributed by atoms with Crippen LogP contribution in [0.3, 0.4) is 0 Å². The first-order valence-corrected chi connectivity index (χ1v) is 25.0. The number of nitrogens with zero attached hydrogens (tertiary/aromatic N) is 4. The lowest BCUT2D eigenvalue weighted by atomic mass is 9.85. The molecule has 0 bridgehead atoms. The number of alkyl carbamates (subject to hydrolysis) is 2. The highest BCUT2D eigenvalue weighted by Gasteiger charge is 2.46. The minimum absolute atomic E-state index is 0.0399. The number of ether oxygens (including phenoxy) is 6. The Morgan fingerprint density at radius 2 is 0.986 bits per heavy atom. The molecule has 4 saturated heterocycles. The summed E-state index contributed by atoms with van der Waals surface area (Å²) in [5, 5.41) is 5.77. The third-order valence-corrected chi connectivity index (χ3v) is 15.5. The van der Waals surface area contributed by atoms with Gasteiger partial charge in [0.1, 0.15) is 48.4 Å². The summed E-state index contributed by atoms with van der Waals surface area (Å²) in [6.07, 6.45) is 7.83. The van der Waals surface area contributed by atoms with E-state index in [2.05, 4.69) is 32.7 Å². The molecule has 3 unspecified atom stereocenters. The van der Waals surface area contributed by atoms with Crippen molar-refractivity contribution in [2.75, 3.05) is 14.2 Å². The van der Waals surface area contributed by atoms with Crippen LogP contribution >= 0.6 is 0 Å². The maximum absolute atomic E-state index is 14.6. The molecule has 70 heavy (non-hydrogen) atoms. The zero-order valence-corrected chi connectivity index (χ0v) is 41.3. The summed E-state index contributed by atoms with van der Waals surface area (Å²) in [7, 11) is 2.62. The molecule has 10 rings (SSSR count). The standard InChI is InChI=1S/C52H66N8O10/c1-25-9-11-39(59(25)49(61)45(57-51(63)65-7)33-13-27(3)69-28(4)14-33)47-53-21-37(55-47)31-17-35-23-68-42-20-32(18-36-24-67-41(19-31)43(35)44(36)42)38-22-54-48(56-38)40-12-10-26(2)60(40)50(62)46(58-52(64)66-8)34-15-29(5)70-30(6)16-34/h17-22,25-30,33-34,39-40,45-46H,9-16,23-24H2,1-8H3,(H,53,55)(H,54,56)(H,57,63)(H,58,64)/t25-,26-,27-,28+,29-,30+,33?,34?,39-,40-,45-,46?/m0/s1. The number of nitrogens with one attached hydrogen (secondary N) is 4. The number of aromatic amines is 2. The van der Waals surface area contributed by atoms with Gasteiger partial charge in [-0.25, -0.2) is 19.6 Å². The van der Waals surface area contributed by atoms with Gasteiger partial charge >= 0.3 is 12.2 Å². The number of hydrogen-bond donors (Lipinski definition) is 4. The van der Waals surface area contributed by atoms with Gasteiger partial charge in [0.05, 0.1) is 74.5 Å².